The molecular weight excluding hydrogens is 240 g/mol. The lowest BCUT2D eigenvalue weighted by Crippen LogP contribution is -2.24. The van der Waals surface area contributed by atoms with E-state index in [9.17, 15) is 9.59 Å². The van der Waals surface area contributed by atoms with Gasteiger partial charge in [0, 0.05) is 20.1 Å². The predicted octanol–water partition coefficient (Wildman–Crippen LogP) is -0.351. The van der Waals surface area contributed by atoms with Crippen LogP contribution in [-0.2, 0) is 22.7 Å². The van der Waals surface area contributed by atoms with Crippen LogP contribution < -0.4 is 5.32 Å². The van der Waals surface area contributed by atoms with Crippen LogP contribution >= 0.6 is 0 Å². The number of carboxylic acid groups (broad SMARTS) is 1. The second-order valence-electron chi connectivity index (χ2n) is 3.55. The summed E-state index contributed by atoms with van der Waals surface area (Å²) >= 11 is 0. The van der Waals surface area contributed by atoms with Crippen molar-refractivity contribution in [3.05, 3.63) is 11.4 Å². The van der Waals surface area contributed by atoms with Crippen molar-refractivity contribution in [3.8, 4) is 0 Å². The zero-order valence-corrected chi connectivity index (χ0v) is 10.3. The molecule has 100 valence electrons. The highest BCUT2D eigenvalue weighted by molar-refractivity contribution is 5.86. The van der Waals surface area contributed by atoms with Crippen LogP contribution in [0.5, 0.6) is 0 Å². The van der Waals surface area contributed by atoms with Crippen molar-refractivity contribution < 1.29 is 19.4 Å². The van der Waals surface area contributed by atoms with Crippen molar-refractivity contribution in [1.29, 1.82) is 0 Å². The highest BCUT2D eigenvalue weighted by Crippen LogP contribution is 2.07. The van der Waals surface area contributed by atoms with Crippen molar-refractivity contribution in [1.82, 2.24) is 20.3 Å². The molecule has 1 aromatic heterocycles. The molecule has 0 unspecified atom stereocenters. The predicted molar refractivity (Wildman–Crippen MR) is 61.0 cm³/mol. The first-order valence-corrected chi connectivity index (χ1v) is 5.51. The Morgan fingerprint density at radius 2 is 2.22 bits per heavy atom. The molecule has 0 aliphatic carbocycles. The van der Waals surface area contributed by atoms with E-state index in [-0.39, 0.29) is 31.2 Å². The number of methoxy groups -OCH3 is 1. The maximum absolute atomic E-state index is 11.3. The third-order valence-corrected chi connectivity index (χ3v) is 2.25. The molecule has 1 aromatic rings. The smallest absolute Gasteiger partial charge is 0.358 e. The van der Waals surface area contributed by atoms with Gasteiger partial charge in [0.25, 0.3) is 0 Å². The van der Waals surface area contributed by atoms with Crippen LogP contribution in [-0.4, -0.2) is 45.6 Å². The molecule has 8 nitrogen and oxygen atoms in total. The fourth-order valence-corrected chi connectivity index (χ4v) is 1.45. The first-order valence-electron chi connectivity index (χ1n) is 5.51. The highest BCUT2D eigenvalue weighted by Gasteiger charge is 2.18. The lowest BCUT2D eigenvalue weighted by molar-refractivity contribution is -0.121. The van der Waals surface area contributed by atoms with Gasteiger partial charge < -0.3 is 15.2 Å². The van der Waals surface area contributed by atoms with E-state index in [1.807, 2.05) is 6.92 Å². The van der Waals surface area contributed by atoms with Gasteiger partial charge in [-0.3, -0.25) is 4.79 Å². The first-order chi connectivity index (χ1) is 8.60. The summed E-state index contributed by atoms with van der Waals surface area (Å²) in [5, 5.41) is 18.8. The molecule has 0 saturated heterocycles. The van der Waals surface area contributed by atoms with Crippen molar-refractivity contribution in [2.45, 2.75) is 26.5 Å². The minimum atomic E-state index is -1.16. The summed E-state index contributed by atoms with van der Waals surface area (Å²) in [5.41, 5.74) is 0.210. The Hall–Kier alpha value is -1.96. The summed E-state index contributed by atoms with van der Waals surface area (Å²) < 4.78 is 6.28. The summed E-state index contributed by atoms with van der Waals surface area (Å²) in [6.07, 6.45) is 0.215. The Kier molecular flexibility index (Phi) is 5.25. The topological polar surface area (TPSA) is 106 Å². The number of hydrogen-bond acceptors (Lipinski definition) is 5. The molecule has 0 aliphatic rings. The largest absolute Gasteiger partial charge is 0.476 e. The molecular formula is C10H16N4O4. The third-order valence-electron chi connectivity index (χ3n) is 2.25. The van der Waals surface area contributed by atoms with E-state index in [1.54, 1.807) is 0 Å². The number of carboxylic acids is 1. The number of aromatic nitrogens is 3. The summed E-state index contributed by atoms with van der Waals surface area (Å²) in [6.45, 7) is 2.74. The van der Waals surface area contributed by atoms with Crippen LogP contribution in [0.15, 0.2) is 0 Å². The van der Waals surface area contributed by atoms with Crippen molar-refractivity contribution in [2.75, 3.05) is 13.7 Å². The molecule has 2 N–H and O–H groups in total. The normalized spacial score (nSPS) is 10.3. The van der Waals surface area contributed by atoms with Crippen molar-refractivity contribution in [3.63, 3.8) is 0 Å². The average molecular weight is 256 g/mol. The summed E-state index contributed by atoms with van der Waals surface area (Å²) in [5.74, 6) is -1.28. The van der Waals surface area contributed by atoms with Crippen LogP contribution in [0.4, 0.5) is 0 Å². The lowest BCUT2D eigenvalue weighted by Gasteiger charge is -2.06. The number of carbonyl (C=O) groups is 2. The first kappa shape index (κ1) is 14.1. The number of aryl methyl sites for hydroxylation is 1. The standard InChI is InChI=1S/C10H16N4O4/c1-3-11-8(15)4-5-14-7(6-18-2)9(10(16)17)12-13-14/h3-6H2,1-2H3,(H,11,15)(H,16,17). The minimum Gasteiger partial charge on any atom is -0.476 e. The Labute approximate surface area is 104 Å². The number of ether oxygens (including phenoxy) is 1. The van der Waals surface area contributed by atoms with E-state index in [0.717, 1.165) is 0 Å². The van der Waals surface area contributed by atoms with Crippen LogP contribution in [0.2, 0.25) is 0 Å². The molecule has 8 heteroatoms. The zero-order chi connectivity index (χ0) is 13.5. The van der Waals surface area contributed by atoms with Crippen molar-refractivity contribution in [2.24, 2.45) is 0 Å². The van der Waals surface area contributed by atoms with Gasteiger partial charge in [-0.25, -0.2) is 9.48 Å². The maximum Gasteiger partial charge on any atom is 0.358 e. The average Bonchev–Trinajstić information content (AvgIpc) is 2.71. The number of nitrogens with zero attached hydrogens (tertiary/aromatic N) is 3. The Morgan fingerprint density at radius 3 is 2.78 bits per heavy atom. The molecule has 0 aliphatic heterocycles. The highest BCUT2D eigenvalue weighted by atomic mass is 16.5. The number of aromatic carboxylic acids is 1. The molecule has 0 atom stereocenters. The van der Waals surface area contributed by atoms with E-state index in [0.29, 0.717) is 12.2 Å². The van der Waals surface area contributed by atoms with E-state index < -0.39 is 5.97 Å². The van der Waals surface area contributed by atoms with E-state index in [2.05, 4.69) is 15.6 Å². The van der Waals surface area contributed by atoms with Gasteiger partial charge in [-0.1, -0.05) is 5.21 Å². The Balaban J connectivity index is 2.76. The van der Waals surface area contributed by atoms with Crippen molar-refractivity contribution >= 4 is 11.9 Å². The zero-order valence-electron chi connectivity index (χ0n) is 10.3. The molecule has 1 rings (SSSR count). The van der Waals surface area contributed by atoms with E-state index in [1.165, 1.54) is 11.8 Å². The number of amides is 1. The minimum absolute atomic E-state index is 0.0873. The summed E-state index contributed by atoms with van der Waals surface area (Å²) in [7, 11) is 1.45. The lowest BCUT2D eigenvalue weighted by atomic mass is 10.3. The Morgan fingerprint density at radius 1 is 1.50 bits per heavy atom. The second-order valence-corrected chi connectivity index (χ2v) is 3.55. The number of rotatable bonds is 7. The number of hydrogen-bond donors (Lipinski definition) is 2. The van der Waals surface area contributed by atoms with E-state index in [4.69, 9.17) is 9.84 Å². The molecule has 0 fully saturated rings. The Bertz CT molecular complexity index is 430. The van der Waals surface area contributed by atoms with Crippen LogP contribution in [0.25, 0.3) is 0 Å². The molecule has 0 saturated carbocycles. The fourth-order valence-electron chi connectivity index (χ4n) is 1.45. The van der Waals surface area contributed by atoms with Gasteiger partial charge in [-0.2, -0.15) is 0 Å². The van der Waals surface area contributed by atoms with Gasteiger partial charge in [0.05, 0.1) is 18.8 Å². The second kappa shape index (κ2) is 6.70. The third kappa shape index (κ3) is 3.52. The summed E-state index contributed by atoms with van der Waals surface area (Å²) in [4.78, 5) is 22.2. The quantitative estimate of drug-likeness (QED) is 0.690. The number of carbonyl (C=O) groups excluding carboxylic acids is 1. The molecule has 0 radical (unpaired) electrons. The fraction of sp³-hybridized carbons (Fsp3) is 0.600. The molecule has 1 heterocycles. The van der Waals surface area contributed by atoms with E-state index >= 15 is 0 Å². The molecule has 1 amide bonds. The van der Waals surface area contributed by atoms with Gasteiger partial charge in [0.2, 0.25) is 5.91 Å². The monoisotopic (exact) mass is 256 g/mol. The molecule has 0 aromatic carbocycles. The van der Waals surface area contributed by atoms with Gasteiger partial charge >= 0.3 is 5.97 Å². The van der Waals surface area contributed by atoms with Crippen LogP contribution in [0.1, 0.15) is 29.5 Å². The number of nitrogens with one attached hydrogen (secondary N) is 1. The van der Waals surface area contributed by atoms with Crippen LogP contribution in [0.3, 0.4) is 0 Å². The molecule has 0 bridgehead atoms. The maximum atomic E-state index is 11.3. The van der Waals surface area contributed by atoms with Gasteiger partial charge in [0.15, 0.2) is 5.69 Å². The van der Waals surface area contributed by atoms with Gasteiger partial charge in [0.1, 0.15) is 0 Å². The molecule has 0 spiro atoms. The summed E-state index contributed by atoms with van der Waals surface area (Å²) in [6, 6.07) is 0. The van der Waals surface area contributed by atoms with Crippen LogP contribution in [0, 0.1) is 0 Å². The van der Waals surface area contributed by atoms with Gasteiger partial charge in [-0.05, 0) is 6.92 Å². The van der Waals surface area contributed by atoms with Gasteiger partial charge in [-0.15, -0.1) is 5.10 Å². The molecule has 18 heavy (non-hydrogen) atoms. The SMILES string of the molecule is CCNC(=O)CCn1nnc(C(=O)O)c1COC.